The topological polar surface area (TPSA) is 34.4 Å². The van der Waals surface area contributed by atoms with E-state index in [1.165, 1.54) is 11.1 Å². The molecule has 106 valence electrons. The van der Waals surface area contributed by atoms with Gasteiger partial charge in [0.15, 0.2) is 4.80 Å². The summed E-state index contributed by atoms with van der Waals surface area (Å²) >= 11 is 1.55. The SMILES string of the molecule is Cc1ccc2sc(=NC(=O)c3ccccc3)n(C)c2c1C. The molecular weight excluding hydrogens is 280 g/mol. The average molecular weight is 296 g/mol. The Morgan fingerprint density at radius 2 is 1.81 bits per heavy atom. The number of rotatable bonds is 1. The molecule has 3 aromatic rings. The van der Waals surface area contributed by atoms with Crippen LogP contribution in [0.4, 0.5) is 0 Å². The number of hydrogen-bond acceptors (Lipinski definition) is 2. The summed E-state index contributed by atoms with van der Waals surface area (Å²) in [6.07, 6.45) is 0. The number of carbonyl (C=O) groups is 1. The summed E-state index contributed by atoms with van der Waals surface area (Å²) in [5, 5.41) is 0. The third kappa shape index (κ3) is 2.43. The molecule has 0 saturated heterocycles. The maximum absolute atomic E-state index is 12.2. The fraction of sp³-hybridized carbons (Fsp3) is 0.176. The number of amides is 1. The first-order chi connectivity index (χ1) is 10.1. The van der Waals surface area contributed by atoms with Gasteiger partial charge < -0.3 is 4.57 Å². The molecule has 1 aromatic heterocycles. The van der Waals surface area contributed by atoms with E-state index in [0.717, 1.165) is 15.0 Å². The summed E-state index contributed by atoms with van der Waals surface area (Å²) in [6, 6.07) is 13.4. The molecule has 0 radical (unpaired) electrons. The molecule has 0 aliphatic carbocycles. The van der Waals surface area contributed by atoms with Gasteiger partial charge in [-0.15, -0.1) is 0 Å². The Kier molecular flexibility index (Phi) is 3.47. The molecule has 0 bridgehead atoms. The van der Waals surface area contributed by atoms with Gasteiger partial charge in [0.25, 0.3) is 5.91 Å². The van der Waals surface area contributed by atoms with E-state index in [2.05, 4.69) is 31.0 Å². The van der Waals surface area contributed by atoms with Gasteiger partial charge in [0.1, 0.15) is 0 Å². The Hall–Kier alpha value is -2.20. The molecule has 1 amide bonds. The predicted molar refractivity (Wildman–Crippen MR) is 86.6 cm³/mol. The zero-order valence-electron chi connectivity index (χ0n) is 12.3. The van der Waals surface area contributed by atoms with Crippen molar-refractivity contribution in [3.8, 4) is 0 Å². The summed E-state index contributed by atoms with van der Waals surface area (Å²) in [5.41, 5.74) is 4.25. The molecule has 0 aliphatic rings. The monoisotopic (exact) mass is 296 g/mol. The van der Waals surface area contributed by atoms with E-state index in [0.29, 0.717) is 5.56 Å². The largest absolute Gasteiger partial charge is 0.319 e. The number of carbonyl (C=O) groups excluding carboxylic acids is 1. The molecule has 0 saturated carbocycles. The van der Waals surface area contributed by atoms with Crippen LogP contribution in [0.3, 0.4) is 0 Å². The van der Waals surface area contributed by atoms with Crippen molar-refractivity contribution in [3.05, 3.63) is 64.0 Å². The second kappa shape index (κ2) is 5.30. The maximum Gasteiger partial charge on any atom is 0.279 e. The predicted octanol–water partition coefficient (Wildman–Crippen LogP) is 3.60. The van der Waals surface area contributed by atoms with Crippen LogP contribution in [0.25, 0.3) is 10.2 Å². The van der Waals surface area contributed by atoms with Crippen LogP contribution in [0.1, 0.15) is 21.5 Å². The van der Waals surface area contributed by atoms with Crippen LogP contribution in [-0.4, -0.2) is 10.5 Å². The lowest BCUT2D eigenvalue weighted by molar-refractivity contribution is 0.0998. The van der Waals surface area contributed by atoms with Crippen molar-refractivity contribution in [1.29, 1.82) is 0 Å². The fourth-order valence-corrected chi connectivity index (χ4v) is 3.44. The van der Waals surface area contributed by atoms with E-state index in [1.807, 2.05) is 29.8 Å². The number of aryl methyl sites for hydroxylation is 3. The third-order valence-corrected chi connectivity index (χ3v) is 4.80. The Labute approximate surface area is 127 Å². The molecule has 2 aromatic carbocycles. The van der Waals surface area contributed by atoms with Crippen LogP contribution < -0.4 is 4.80 Å². The number of hydrogen-bond donors (Lipinski definition) is 0. The molecule has 0 N–H and O–H groups in total. The van der Waals surface area contributed by atoms with Crippen LogP contribution >= 0.6 is 11.3 Å². The highest BCUT2D eigenvalue weighted by molar-refractivity contribution is 7.16. The highest BCUT2D eigenvalue weighted by Crippen LogP contribution is 2.22. The Morgan fingerprint density at radius 3 is 2.52 bits per heavy atom. The molecule has 1 heterocycles. The van der Waals surface area contributed by atoms with Gasteiger partial charge in [-0.25, -0.2) is 0 Å². The summed E-state index contributed by atoms with van der Waals surface area (Å²) < 4.78 is 3.16. The minimum Gasteiger partial charge on any atom is -0.319 e. The number of benzene rings is 2. The molecule has 0 fully saturated rings. The highest BCUT2D eigenvalue weighted by atomic mass is 32.1. The third-order valence-electron chi connectivity index (χ3n) is 3.71. The van der Waals surface area contributed by atoms with Crippen LogP contribution in [0, 0.1) is 13.8 Å². The van der Waals surface area contributed by atoms with E-state index in [9.17, 15) is 4.79 Å². The number of fused-ring (bicyclic) bond motifs is 1. The van der Waals surface area contributed by atoms with E-state index < -0.39 is 0 Å². The Bertz CT molecular complexity index is 888. The van der Waals surface area contributed by atoms with Gasteiger partial charge in [-0.1, -0.05) is 35.6 Å². The van der Waals surface area contributed by atoms with Gasteiger partial charge in [0.2, 0.25) is 0 Å². The molecule has 0 aliphatic heterocycles. The lowest BCUT2D eigenvalue weighted by Gasteiger charge is -2.03. The zero-order chi connectivity index (χ0) is 15.0. The van der Waals surface area contributed by atoms with Crippen molar-refractivity contribution in [2.45, 2.75) is 13.8 Å². The molecule has 3 rings (SSSR count). The second-order valence-corrected chi connectivity index (χ2v) is 6.09. The first-order valence-electron chi connectivity index (χ1n) is 6.78. The van der Waals surface area contributed by atoms with Crippen LogP contribution in [0.15, 0.2) is 47.5 Å². The lowest BCUT2D eigenvalue weighted by Crippen LogP contribution is -2.13. The van der Waals surface area contributed by atoms with Crippen LogP contribution in [-0.2, 0) is 7.05 Å². The Morgan fingerprint density at radius 1 is 1.10 bits per heavy atom. The van der Waals surface area contributed by atoms with Gasteiger partial charge in [-0.3, -0.25) is 4.79 Å². The van der Waals surface area contributed by atoms with E-state index in [1.54, 1.807) is 23.5 Å². The van der Waals surface area contributed by atoms with Gasteiger partial charge in [-0.05, 0) is 43.2 Å². The first kappa shape index (κ1) is 13.8. The van der Waals surface area contributed by atoms with E-state index >= 15 is 0 Å². The number of thiazole rings is 1. The second-order valence-electron chi connectivity index (χ2n) is 5.08. The highest BCUT2D eigenvalue weighted by Gasteiger charge is 2.09. The minimum atomic E-state index is -0.202. The molecule has 3 nitrogen and oxygen atoms in total. The molecule has 21 heavy (non-hydrogen) atoms. The fourth-order valence-electron chi connectivity index (χ4n) is 2.37. The standard InChI is InChI=1S/C17H16N2OS/c1-11-9-10-14-15(12(11)2)19(3)17(21-14)18-16(20)13-7-5-4-6-8-13/h4-10H,1-3H3. The van der Waals surface area contributed by atoms with E-state index in [4.69, 9.17) is 0 Å². The number of aromatic nitrogens is 1. The maximum atomic E-state index is 12.2. The lowest BCUT2D eigenvalue weighted by atomic mass is 10.1. The van der Waals surface area contributed by atoms with Crippen molar-refractivity contribution >= 4 is 27.5 Å². The Balaban J connectivity index is 2.18. The smallest absolute Gasteiger partial charge is 0.279 e. The minimum absolute atomic E-state index is 0.202. The van der Waals surface area contributed by atoms with Gasteiger partial charge >= 0.3 is 0 Å². The van der Waals surface area contributed by atoms with Gasteiger partial charge in [0.05, 0.1) is 10.2 Å². The summed E-state index contributed by atoms with van der Waals surface area (Å²) in [6.45, 7) is 4.20. The van der Waals surface area contributed by atoms with E-state index in [-0.39, 0.29) is 5.91 Å². The molecule has 0 atom stereocenters. The van der Waals surface area contributed by atoms with Crippen molar-refractivity contribution in [2.24, 2.45) is 12.0 Å². The summed E-state index contributed by atoms with van der Waals surface area (Å²) in [4.78, 5) is 17.2. The number of nitrogens with zero attached hydrogens (tertiary/aromatic N) is 2. The van der Waals surface area contributed by atoms with Crippen LogP contribution in [0.5, 0.6) is 0 Å². The van der Waals surface area contributed by atoms with Crippen LogP contribution in [0.2, 0.25) is 0 Å². The molecule has 4 heteroatoms. The molecule has 0 unspecified atom stereocenters. The normalized spacial score (nSPS) is 12.0. The molecular formula is C17H16N2OS. The summed E-state index contributed by atoms with van der Waals surface area (Å²) in [5.74, 6) is -0.202. The van der Waals surface area contributed by atoms with Crippen molar-refractivity contribution in [3.63, 3.8) is 0 Å². The molecule has 0 spiro atoms. The first-order valence-corrected chi connectivity index (χ1v) is 7.59. The quantitative estimate of drug-likeness (QED) is 0.675. The van der Waals surface area contributed by atoms with Crippen molar-refractivity contribution < 1.29 is 4.79 Å². The van der Waals surface area contributed by atoms with Crippen molar-refractivity contribution in [2.75, 3.05) is 0 Å². The summed E-state index contributed by atoms with van der Waals surface area (Å²) in [7, 11) is 1.96. The van der Waals surface area contributed by atoms with Gasteiger partial charge in [0, 0.05) is 12.6 Å². The van der Waals surface area contributed by atoms with Gasteiger partial charge in [-0.2, -0.15) is 4.99 Å². The van der Waals surface area contributed by atoms with Crippen molar-refractivity contribution in [1.82, 2.24) is 4.57 Å². The average Bonchev–Trinajstić information content (AvgIpc) is 2.81. The zero-order valence-corrected chi connectivity index (χ0v) is 13.1.